The van der Waals surface area contributed by atoms with Crippen molar-refractivity contribution < 1.29 is 5.11 Å². The summed E-state index contributed by atoms with van der Waals surface area (Å²) in [7, 11) is 1.79. The Kier molecular flexibility index (Phi) is 3.73. The third-order valence-electron chi connectivity index (χ3n) is 8.34. The van der Waals surface area contributed by atoms with Gasteiger partial charge in [-0.05, 0) is 68.4 Å². The molecule has 4 saturated carbocycles. The Bertz CT molecular complexity index is 1470. The van der Waals surface area contributed by atoms with Crippen LogP contribution in [-0.2, 0) is 12.6 Å². The van der Waals surface area contributed by atoms with Gasteiger partial charge in [0.25, 0.3) is 0 Å². The summed E-state index contributed by atoms with van der Waals surface area (Å²) in [5.74, 6) is 1.56. The molecule has 4 heterocycles. The number of aryl methyl sites for hydroxylation is 2. The molecule has 0 spiro atoms. The molecular weight excluding hydrogens is 420 g/mol. The molecule has 0 aromatic carbocycles. The van der Waals surface area contributed by atoms with Gasteiger partial charge < -0.3 is 10.4 Å². The van der Waals surface area contributed by atoms with Crippen LogP contribution in [0.4, 0.5) is 11.6 Å². The van der Waals surface area contributed by atoms with Crippen LogP contribution in [-0.4, -0.2) is 44.9 Å². The second-order valence-electron chi connectivity index (χ2n) is 10.3. The lowest BCUT2D eigenvalue weighted by molar-refractivity contribution is -0.127. The maximum atomic E-state index is 13.5. The first kappa shape index (κ1) is 19.2. The largest absolute Gasteiger partial charge is 0.393 e. The summed E-state index contributed by atoms with van der Waals surface area (Å²) in [6, 6.07) is 1.95. The summed E-state index contributed by atoms with van der Waals surface area (Å²) >= 11 is 0. The van der Waals surface area contributed by atoms with Crippen molar-refractivity contribution in [3.8, 4) is 0 Å². The third kappa shape index (κ3) is 2.61. The smallest absolute Gasteiger partial charge is 0.330 e. The number of aromatic nitrogens is 7. The highest BCUT2D eigenvalue weighted by atomic mass is 16.3. The minimum atomic E-state index is -0.270. The molecule has 4 bridgehead atoms. The average Bonchev–Trinajstić information content (AvgIpc) is 3.33. The molecule has 170 valence electrons. The fourth-order valence-corrected chi connectivity index (χ4v) is 7.04. The van der Waals surface area contributed by atoms with Gasteiger partial charge in [0.1, 0.15) is 11.8 Å². The van der Waals surface area contributed by atoms with Crippen molar-refractivity contribution in [1.29, 1.82) is 0 Å². The van der Waals surface area contributed by atoms with E-state index in [1.165, 1.54) is 6.33 Å². The number of aliphatic hydroxyl groups is 1. The number of rotatable bonds is 3. The van der Waals surface area contributed by atoms with Crippen molar-refractivity contribution in [2.75, 3.05) is 5.32 Å². The SMILES string of the molecule is Cc1cc2ncnn2cc1Nc1ncc2c(n1)n(C13CC4CC(C1)C(O)C(C4)C3)c(=O)n2C. The molecule has 4 aliphatic rings. The number of pyridine rings is 1. The summed E-state index contributed by atoms with van der Waals surface area (Å²) in [5, 5.41) is 18.2. The fraction of sp³-hybridized carbons (Fsp3) is 0.522. The molecule has 0 radical (unpaired) electrons. The maximum Gasteiger partial charge on any atom is 0.330 e. The Hall–Kier alpha value is -3.27. The predicted octanol–water partition coefficient (Wildman–Crippen LogP) is 2.12. The first-order chi connectivity index (χ1) is 15.9. The van der Waals surface area contributed by atoms with E-state index in [4.69, 9.17) is 4.98 Å². The third-order valence-corrected chi connectivity index (χ3v) is 8.34. The van der Waals surface area contributed by atoms with E-state index in [0.717, 1.165) is 54.5 Å². The molecule has 0 aliphatic heterocycles. The summed E-state index contributed by atoms with van der Waals surface area (Å²) in [4.78, 5) is 27.1. The summed E-state index contributed by atoms with van der Waals surface area (Å²) in [5.41, 5.74) is 3.67. The Morgan fingerprint density at radius 2 is 1.97 bits per heavy atom. The molecule has 8 rings (SSSR count). The molecule has 33 heavy (non-hydrogen) atoms. The van der Waals surface area contributed by atoms with Crippen LogP contribution in [0.1, 0.15) is 37.7 Å². The van der Waals surface area contributed by atoms with E-state index >= 15 is 0 Å². The minimum Gasteiger partial charge on any atom is -0.393 e. The van der Waals surface area contributed by atoms with Gasteiger partial charge in [0.2, 0.25) is 5.95 Å². The lowest BCUT2D eigenvalue weighted by Crippen LogP contribution is -2.59. The first-order valence-electron chi connectivity index (χ1n) is 11.6. The molecule has 4 aromatic heterocycles. The van der Waals surface area contributed by atoms with E-state index in [2.05, 4.69) is 20.4 Å². The summed E-state index contributed by atoms with van der Waals surface area (Å²) in [6.07, 6.45) is 9.69. The van der Waals surface area contributed by atoms with Gasteiger partial charge in [0, 0.05) is 7.05 Å². The van der Waals surface area contributed by atoms with Crippen LogP contribution in [0, 0.1) is 24.7 Å². The number of nitrogens with one attached hydrogen (secondary N) is 1. The molecule has 2 N–H and O–H groups in total. The van der Waals surface area contributed by atoms with Crippen LogP contribution in [0.15, 0.2) is 29.6 Å². The molecule has 2 atom stereocenters. The van der Waals surface area contributed by atoms with Crippen molar-refractivity contribution >= 4 is 28.4 Å². The molecule has 0 amide bonds. The molecule has 4 aromatic rings. The zero-order valence-corrected chi connectivity index (χ0v) is 18.6. The first-order valence-corrected chi connectivity index (χ1v) is 11.6. The second kappa shape index (κ2) is 6.40. The van der Waals surface area contributed by atoms with Crippen LogP contribution >= 0.6 is 0 Å². The normalized spacial score (nSPS) is 30.5. The van der Waals surface area contributed by atoms with E-state index in [0.29, 0.717) is 17.5 Å². The zero-order valence-electron chi connectivity index (χ0n) is 18.6. The average molecular weight is 447 g/mol. The fourth-order valence-electron chi connectivity index (χ4n) is 7.04. The highest BCUT2D eigenvalue weighted by Gasteiger charge is 2.57. The van der Waals surface area contributed by atoms with Crippen LogP contribution < -0.4 is 11.0 Å². The van der Waals surface area contributed by atoms with E-state index in [9.17, 15) is 9.90 Å². The van der Waals surface area contributed by atoms with Crippen molar-refractivity contribution in [3.63, 3.8) is 0 Å². The van der Waals surface area contributed by atoms with Gasteiger partial charge in [0.05, 0.1) is 29.7 Å². The number of imidazole rings is 1. The van der Waals surface area contributed by atoms with Crippen molar-refractivity contribution in [3.05, 3.63) is 40.8 Å². The summed E-state index contributed by atoms with van der Waals surface area (Å²) < 4.78 is 5.29. The number of hydrogen-bond donors (Lipinski definition) is 2. The van der Waals surface area contributed by atoms with E-state index in [1.807, 2.05) is 23.8 Å². The van der Waals surface area contributed by atoms with Crippen LogP contribution in [0.25, 0.3) is 16.8 Å². The van der Waals surface area contributed by atoms with Gasteiger partial charge in [0.15, 0.2) is 11.3 Å². The molecule has 4 fully saturated rings. The topological polar surface area (TPSA) is 115 Å². The molecule has 2 unspecified atom stereocenters. The van der Waals surface area contributed by atoms with Crippen LogP contribution in [0.3, 0.4) is 0 Å². The quantitative estimate of drug-likeness (QED) is 0.495. The predicted molar refractivity (Wildman–Crippen MR) is 121 cm³/mol. The maximum absolute atomic E-state index is 13.5. The standard InChI is InChI=1S/C23H26N8O2/c1-12-3-18-25-11-26-30(18)10-16(12)27-21-24-9-17-20(28-21)31(22(33)29(17)2)23-6-13-4-14(7-23)19(32)15(5-13)8-23/h3,9-11,13-15,19,32H,4-8H2,1-2H3,(H,24,27,28). The number of aliphatic hydroxyl groups excluding tert-OH is 1. The Morgan fingerprint density at radius 1 is 1.18 bits per heavy atom. The zero-order chi connectivity index (χ0) is 22.5. The highest BCUT2D eigenvalue weighted by Crippen LogP contribution is 2.58. The molecule has 0 saturated heterocycles. The molecular formula is C23H26N8O2. The Morgan fingerprint density at radius 3 is 2.76 bits per heavy atom. The summed E-state index contributed by atoms with van der Waals surface area (Å²) in [6.45, 7) is 1.99. The number of fused-ring (bicyclic) bond motifs is 2. The van der Waals surface area contributed by atoms with Gasteiger partial charge in [-0.25, -0.2) is 19.3 Å². The van der Waals surface area contributed by atoms with E-state index in [1.54, 1.807) is 22.3 Å². The number of hydrogen-bond acceptors (Lipinski definition) is 7. The van der Waals surface area contributed by atoms with Gasteiger partial charge in [-0.15, -0.1) is 0 Å². The molecule has 10 heteroatoms. The number of nitrogens with zero attached hydrogens (tertiary/aromatic N) is 7. The van der Waals surface area contributed by atoms with Crippen molar-refractivity contribution in [2.24, 2.45) is 24.8 Å². The lowest BCUT2D eigenvalue weighted by atomic mass is 9.51. The monoisotopic (exact) mass is 446 g/mol. The van der Waals surface area contributed by atoms with E-state index < -0.39 is 0 Å². The van der Waals surface area contributed by atoms with Crippen molar-refractivity contribution in [1.82, 2.24) is 33.7 Å². The highest BCUT2D eigenvalue weighted by molar-refractivity contribution is 5.73. The van der Waals surface area contributed by atoms with Gasteiger partial charge in [-0.2, -0.15) is 10.1 Å². The van der Waals surface area contributed by atoms with E-state index in [-0.39, 0.29) is 29.2 Å². The van der Waals surface area contributed by atoms with Crippen LogP contribution in [0.5, 0.6) is 0 Å². The van der Waals surface area contributed by atoms with Crippen LogP contribution in [0.2, 0.25) is 0 Å². The Balaban J connectivity index is 1.35. The molecule has 4 aliphatic carbocycles. The van der Waals surface area contributed by atoms with Gasteiger partial charge in [-0.1, -0.05) is 0 Å². The van der Waals surface area contributed by atoms with Gasteiger partial charge >= 0.3 is 5.69 Å². The van der Waals surface area contributed by atoms with Gasteiger partial charge in [-0.3, -0.25) is 9.13 Å². The molecule has 10 nitrogen and oxygen atoms in total. The minimum absolute atomic E-state index is 0.0481. The Labute approximate surface area is 189 Å². The second-order valence-corrected chi connectivity index (χ2v) is 10.3. The van der Waals surface area contributed by atoms with Crippen molar-refractivity contribution in [2.45, 2.75) is 50.7 Å². The number of anilines is 2. The lowest BCUT2D eigenvalue weighted by Gasteiger charge is -2.58.